The van der Waals surface area contributed by atoms with Crippen LogP contribution in [0.5, 0.6) is 0 Å². The Bertz CT molecular complexity index is 1540. The molecule has 0 heterocycles. The van der Waals surface area contributed by atoms with Gasteiger partial charge in [0.15, 0.2) is 0 Å². The van der Waals surface area contributed by atoms with Crippen molar-refractivity contribution in [2.24, 2.45) is 10.5 Å². The summed E-state index contributed by atoms with van der Waals surface area (Å²) in [7, 11) is 0. The maximum absolute atomic E-state index is 14.0. The molecule has 0 aliphatic heterocycles. The molecular weight excluding hydrogens is 689 g/mol. The fraction of sp³-hybridized carbons (Fsp3) is 0.417. The first kappa shape index (κ1) is 38.2. The van der Waals surface area contributed by atoms with Gasteiger partial charge in [-0.15, -0.1) is 4.91 Å². The third-order valence-electron chi connectivity index (χ3n) is 8.45. The van der Waals surface area contributed by atoms with Crippen LogP contribution in [0.3, 0.4) is 0 Å². The minimum Gasteiger partial charge on any atom is -0.481 e. The van der Waals surface area contributed by atoms with Crippen LogP contribution in [0.15, 0.2) is 77.4 Å². The number of hydrogen-bond acceptors (Lipinski definition) is 9. The minimum absolute atomic E-state index is 0.00289. The Morgan fingerprint density at radius 3 is 2.31 bits per heavy atom. The Hall–Kier alpha value is -3.64. The van der Waals surface area contributed by atoms with Crippen LogP contribution in [0.4, 0.5) is 11.4 Å². The SMILES string of the molecule is O=NSC1(CN(Cc2ccccc2)C(=O)C(CCOCCOC(=O)Cc2ccccc2Nc2c(Cl)cccc2Cl)CC(=O)O)CCCCC1. The van der Waals surface area contributed by atoms with E-state index in [-0.39, 0.29) is 51.5 Å². The molecule has 0 radical (unpaired) electrons. The van der Waals surface area contributed by atoms with E-state index in [1.54, 1.807) is 29.2 Å². The summed E-state index contributed by atoms with van der Waals surface area (Å²) in [4.78, 5) is 51.5. The van der Waals surface area contributed by atoms with E-state index in [1.165, 1.54) is 0 Å². The Morgan fingerprint density at radius 1 is 0.918 bits per heavy atom. The van der Waals surface area contributed by atoms with Crippen LogP contribution in [-0.4, -0.2) is 59.0 Å². The van der Waals surface area contributed by atoms with Crippen molar-refractivity contribution >= 4 is 64.4 Å². The van der Waals surface area contributed by atoms with Gasteiger partial charge in [0.2, 0.25) is 5.91 Å². The molecule has 3 aromatic rings. The van der Waals surface area contributed by atoms with Crippen molar-refractivity contribution < 1.29 is 29.0 Å². The summed E-state index contributed by atoms with van der Waals surface area (Å²) in [5.74, 6) is -2.69. The summed E-state index contributed by atoms with van der Waals surface area (Å²) < 4.78 is 13.7. The molecule has 3 aromatic carbocycles. The molecule has 1 atom stereocenters. The highest BCUT2D eigenvalue weighted by atomic mass is 35.5. The van der Waals surface area contributed by atoms with E-state index >= 15 is 0 Å². The second kappa shape index (κ2) is 19.5. The van der Waals surface area contributed by atoms with Gasteiger partial charge >= 0.3 is 11.9 Å². The van der Waals surface area contributed by atoms with Gasteiger partial charge in [-0.3, -0.25) is 14.4 Å². The molecule has 13 heteroatoms. The highest BCUT2D eigenvalue weighted by molar-refractivity contribution is 7.99. The van der Waals surface area contributed by atoms with Gasteiger partial charge in [0.25, 0.3) is 0 Å². The second-order valence-corrected chi connectivity index (χ2v) is 14.1. The van der Waals surface area contributed by atoms with Crippen LogP contribution in [0.1, 0.15) is 56.1 Å². The van der Waals surface area contributed by atoms with E-state index in [9.17, 15) is 24.4 Å². The summed E-state index contributed by atoms with van der Waals surface area (Å²) in [5.41, 5.74) is 2.80. The summed E-state index contributed by atoms with van der Waals surface area (Å²) in [5, 5.41) is 13.8. The molecule has 1 amide bonds. The first-order chi connectivity index (χ1) is 23.7. The zero-order valence-electron chi connectivity index (χ0n) is 27.2. The fourth-order valence-electron chi connectivity index (χ4n) is 6.00. The van der Waals surface area contributed by atoms with Crippen LogP contribution in [0.25, 0.3) is 0 Å². The average Bonchev–Trinajstić information content (AvgIpc) is 3.08. The zero-order valence-corrected chi connectivity index (χ0v) is 29.5. The molecule has 1 unspecified atom stereocenters. The molecule has 2 N–H and O–H groups in total. The molecule has 49 heavy (non-hydrogen) atoms. The van der Waals surface area contributed by atoms with Crippen LogP contribution in [-0.2, 0) is 36.8 Å². The maximum atomic E-state index is 14.0. The van der Waals surface area contributed by atoms with Gasteiger partial charge in [0.05, 0.1) is 45.8 Å². The van der Waals surface area contributed by atoms with E-state index in [2.05, 4.69) is 9.90 Å². The molecule has 0 bridgehead atoms. The predicted molar refractivity (Wildman–Crippen MR) is 193 cm³/mol. The number of halogens is 2. The molecular formula is C36H41Cl2N3O7S. The third kappa shape index (κ3) is 12.0. The van der Waals surface area contributed by atoms with E-state index in [0.29, 0.717) is 33.5 Å². The number of aliphatic carboxylic acids is 1. The van der Waals surface area contributed by atoms with Gasteiger partial charge in [-0.05, 0) is 48.6 Å². The van der Waals surface area contributed by atoms with E-state index in [0.717, 1.165) is 49.6 Å². The smallest absolute Gasteiger partial charge is 0.310 e. The molecule has 0 saturated heterocycles. The number of nitrogens with one attached hydrogen (secondary N) is 1. The lowest BCUT2D eigenvalue weighted by atomic mass is 9.87. The number of rotatable bonds is 19. The number of nitrogens with zero attached hydrogens (tertiary/aromatic N) is 2. The Kier molecular flexibility index (Phi) is 15.2. The first-order valence-electron chi connectivity index (χ1n) is 16.3. The maximum Gasteiger partial charge on any atom is 0.310 e. The third-order valence-corrected chi connectivity index (χ3v) is 10.1. The van der Waals surface area contributed by atoms with Gasteiger partial charge in [-0.1, -0.05) is 97.1 Å². The van der Waals surface area contributed by atoms with E-state index < -0.39 is 22.6 Å². The first-order valence-corrected chi connectivity index (χ1v) is 17.8. The molecule has 1 saturated carbocycles. The molecule has 4 rings (SSSR count). The number of esters is 1. The number of para-hydroxylation sites is 2. The minimum atomic E-state index is -1.09. The summed E-state index contributed by atoms with van der Waals surface area (Å²) in [6.45, 7) is 0.752. The van der Waals surface area contributed by atoms with E-state index in [1.807, 2.05) is 48.5 Å². The van der Waals surface area contributed by atoms with E-state index in [4.69, 9.17) is 32.7 Å². The average molecular weight is 731 g/mol. The molecule has 262 valence electrons. The highest BCUT2D eigenvalue weighted by Gasteiger charge is 2.39. The van der Waals surface area contributed by atoms with Gasteiger partial charge < -0.3 is 24.8 Å². The number of ether oxygens (including phenoxy) is 2. The Balaban J connectivity index is 1.31. The number of anilines is 2. The van der Waals surface area contributed by atoms with Gasteiger partial charge in [-0.2, -0.15) is 0 Å². The lowest BCUT2D eigenvalue weighted by Crippen LogP contribution is -2.46. The summed E-state index contributed by atoms with van der Waals surface area (Å²) in [6, 6.07) is 21.9. The topological polar surface area (TPSA) is 135 Å². The molecule has 1 aliphatic rings. The van der Waals surface area contributed by atoms with Crippen molar-refractivity contribution in [3.8, 4) is 0 Å². The van der Waals surface area contributed by atoms with Crippen molar-refractivity contribution in [2.75, 3.05) is 31.7 Å². The molecule has 10 nitrogen and oxygen atoms in total. The number of carboxylic acid groups (broad SMARTS) is 1. The molecule has 1 fully saturated rings. The molecule has 0 spiro atoms. The quantitative estimate of drug-likeness (QED) is 0.0539. The highest BCUT2D eigenvalue weighted by Crippen LogP contribution is 2.42. The van der Waals surface area contributed by atoms with Crippen molar-refractivity contribution in [3.05, 3.63) is 98.9 Å². The predicted octanol–water partition coefficient (Wildman–Crippen LogP) is 8.47. The standard InChI is InChI=1S/C36H41Cl2N3O7S/c37-29-13-9-14-30(38)34(29)39-31-15-6-5-12-27(31)23-33(44)48-21-20-47-19-16-28(22-32(42)43)35(45)41(24-26-10-3-1-4-11-26)25-36(49-40-46)17-7-2-8-18-36/h1,3-6,9-15,28,39H,2,7-8,16-25H2,(H,42,43). The second-order valence-electron chi connectivity index (χ2n) is 12.1. The number of benzene rings is 3. The summed E-state index contributed by atoms with van der Waals surface area (Å²) in [6.07, 6.45) is 4.25. The summed E-state index contributed by atoms with van der Waals surface area (Å²) >= 11 is 13.6. The number of carbonyl (C=O) groups is 3. The van der Waals surface area contributed by atoms with Gasteiger partial charge in [0, 0.05) is 41.9 Å². The van der Waals surface area contributed by atoms with Crippen molar-refractivity contribution in [2.45, 2.75) is 62.7 Å². The Labute approximate surface area is 300 Å². The lowest BCUT2D eigenvalue weighted by molar-refractivity contribution is -0.146. The van der Waals surface area contributed by atoms with Crippen LogP contribution < -0.4 is 5.32 Å². The number of carbonyl (C=O) groups excluding carboxylic acids is 2. The normalized spacial score (nSPS) is 14.4. The molecule has 1 aliphatic carbocycles. The Morgan fingerprint density at radius 2 is 1.61 bits per heavy atom. The van der Waals surface area contributed by atoms with Gasteiger partial charge in [0.1, 0.15) is 6.61 Å². The number of hydrogen-bond donors (Lipinski definition) is 2. The van der Waals surface area contributed by atoms with Gasteiger partial charge in [-0.25, -0.2) is 0 Å². The fourth-order valence-corrected chi connectivity index (χ4v) is 7.33. The lowest BCUT2D eigenvalue weighted by Gasteiger charge is -2.39. The molecule has 0 aromatic heterocycles. The van der Waals surface area contributed by atoms with Crippen LogP contribution in [0.2, 0.25) is 10.0 Å². The van der Waals surface area contributed by atoms with Crippen molar-refractivity contribution in [1.82, 2.24) is 4.90 Å². The van der Waals surface area contributed by atoms with Crippen molar-refractivity contribution in [1.29, 1.82) is 0 Å². The van der Waals surface area contributed by atoms with Crippen LogP contribution in [0, 0.1) is 10.8 Å². The van der Waals surface area contributed by atoms with Crippen LogP contribution >= 0.6 is 35.1 Å². The number of nitroso groups, excluding NO2 is 1. The monoisotopic (exact) mass is 729 g/mol. The number of carboxylic acids is 1. The number of amides is 1. The largest absolute Gasteiger partial charge is 0.481 e. The van der Waals surface area contributed by atoms with Crippen molar-refractivity contribution in [3.63, 3.8) is 0 Å². The zero-order chi connectivity index (χ0) is 35.1.